The molecule has 6 heteroatoms. The summed E-state index contributed by atoms with van der Waals surface area (Å²) >= 11 is 0. The van der Waals surface area contributed by atoms with Gasteiger partial charge in [0.25, 0.3) is 0 Å². The van der Waals surface area contributed by atoms with E-state index >= 15 is 0 Å². The number of amides is 1. The molecule has 0 spiro atoms. The summed E-state index contributed by atoms with van der Waals surface area (Å²) in [6.07, 6.45) is 2.51. The Bertz CT molecular complexity index is 789. The minimum Gasteiger partial charge on any atom is -0.357 e. The number of hydrogen-bond donors (Lipinski definition) is 2. The van der Waals surface area contributed by atoms with Crippen molar-refractivity contribution in [2.45, 2.75) is 33.7 Å². The van der Waals surface area contributed by atoms with Crippen LogP contribution in [0.25, 0.3) is 0 Å². The van der Waals surface area contributed by atoms with Gasteiger partial charge < -0.3 is 15.5 Å². The summed E-state index contributed by atoms with van der Waals surface area (Å²) in [6, 6.07) is 12.2. The molecule has 0 atom stereocenters. The summed E-state index contributed by atoms with van der Waals surface area (Å²) in [4.78, 5) is 23.0. The molecule has 1 heterocycles. The van der Waals surface area contributed by atoms with Gasteiger partial charge in [-0.2, -0.15) is 0 Å². The van der Waals surface area contributed by atoms with E-state index in [1.165, 1.54) is 16.7 Å². The van der Waals surface area contributed by atoms with Gasteiger partial charge in [0, 0.05) is 38.4 Å². The number of aromatic nitrogens is 1. The molecule has 6 nitrogen and oxygen atoms in total. The van der Waals surface area contributed by atoms with E-state index in [0.29, 0.717) is 19.0 Å². The van der Waals surface area contributed by atoms with Crippen LogP contribution in [0.2, 0.25) is 0 Å². The maximum Gasteiger partial charge on any atom is 0.241 e. The minimum atomic E-state index is 0.0213. The van der Waals surface area contributed by atoms with E-state index < -0.39 is 0 Å². The number of nitrogens with one attached hydrogen (secondary N) is 2. The lowest BCUT2D eigenvalue weighted by Crippen LogP contribution is -2.44. The van der Waals surface area contributed by atoms with Gasteiger partial charge >= 0.3 is 0 Å². The Kier molecular flexibility index (Phi) is 8.46. The van der Waals surface area contributed by atoms with Crippen LogP contribution < -0.4 is 10.6 Å². The van der Waals surface area contributed by atoms with E-state index in [4.69, 9.17) is 0 Å². The summed E-state index contributed by atoms with van der Waals surface area (Å²) < 4.78 is 0. The predicted molar refractivity (Wildman–Crippen MR) is 114 cm³/mol. The van der Waals surface area contributed by atoms with Crippen molar-refractivity contribution in [2.75, 3.05) is 26.7 Å². The number of aryl methyl sites for hydroxylation is 2. The van der Waals surface area contributed by atoms with E-state index in [2.05, 4.69) is 52.7 Å². The molecule has 0 aliphatic heterocycles. The SMILES string of the molecule is CCNC(=NCc1ccc(C)cc1C)NCC(=O)N(C)CCc1ccccn1. The van der Waals surface area contributed by atoms with Crippen LogP contribution in [0, 0.1) is 13.8 Å². The van der Waals surface area contributed by atoms with Crippen LogP contribution in [-0.2, 0) is 17.8 Å². The van der Waals surface area contributed by atoms with Crippen molar-refractivity contribution in [3.8, 4) is 0 Å². The summed E-state index contributed by atoms with van der Waals surface area (Å²) in [5.74, 6) is 0.669. The van der Waals surface area contributed by atoms with Crippen molar-refractivity contribution >= 4 is 11.9 Å². The predicted octanol–water partition coefficient (Wildman–Crippen LogP) is 2.45. The van der Waals surface area contributed by atoms with Gasteiger partial charge in [-0.05, 0) is 44.0 Å². The number of hydrogen-bond acceptors (Lipinski definition) is 3. The van der Waals surface area contributed by atoms with Crippen LogP contribution in [0.4, 0.5) is 0 Å². The number of pyridine rings is 1. The molecule has 1 amide bonds. The lowest BCUT2D eigenvalue weighted by atomic mass is 10.1. The molecule has 0 saturated carbocycles. The van der Waals surface area contributed by atoms with Crippen molar-refractivity contribution in [1.82, 2.24) is 20.5 Å². The van der Waals surface area contributed by atoms with Crippen LogP contribution >= 0.6 is 0 Å². The molecule has 0 fully saturated rings. The highest BCUT2D eigenvalue weighted by Crippen LogP contribution is 2.11. The Hall–Kier alpha value is -2.89. The summed E-state index contributed by atoms with van der Waals surface area (Å²) in [6.45, 7) is 8.34. The molecular formula is C22H31N5O. The largest absolute Gasteiger partial charge is 0.357 e. The van der Waals surface area contributed by atoms with Crippen LogP contribution in [-0.4, -0.2) is 48.4 Å². The molecule has 0 aliphatic rings. The van der Waals surface area contributed by atoms with Gasteiger partial charge in [-0.3, -0.25) is 9.78 Å². The number of aliphatic imine (C=N–C) groups is 1. The average molecular weight is 382 g/mol. The third-order valence-corrected chi connectivity index (χ3v) is 4.51. The van der Waals surface area contributed by atoms with Gasteiger partial charge in [0.1, 0.15) is 0 Å². The zero-order valence-corrected chi connectivity index (χ0v) is 17.3. The maximum absolute atomic E-state index is 12.4. The molecular weight excluding hydrogens is 350 g/mol. The first-order chi connectivity index (χ1) is 13.5. The van der Waals surface area contributed by atoms with Gasteiger partial charge in [-0.1, -0.05) is 29.8 Å². The molecule has 0 unspecified atom stereocenters. The Morgan fingerprint density at radius 3 is 2.68 bits per heavy atom. The number of rotatable bonds is 8. The Morgan fingerprint density at radius 2 is 2.00 bits per heavy atom. The van der Waals surface area contributed by atoms with Crippen molar-refractivity contribution in [2.24, 2.45) is 4.99 Å². The third kappa shape index (κ3) is 7.02. The van der Waals surface area contributed by atoms with Gasteiger partial charge in [0.05, 0.1) is 13.1 Å². The molecule has 150 valence electrons. The first kappa shape index (κ1) is 21.4. The number of carbonyl (C=O) groups excluding carboxylic acids is 1. The second-order valence-corrected chi connectivity index (χ2v) is 6.87. The van der Waals surface area contributed by atoms with Crippen molar-refractivity contribution in [1.29, 1.82) is 0 Å². The highest BCUT2D eigenvalue weighted by molar-refractivity contribution is 5.86. The normalized spacial score (nSPS) is 11.2. The minimum absolute atomic E-state index is 0.0213. The molecule has 1 aromatic carbocycles. The number of likely N-dealkylation sites (N-methyl/N-ethyl adjacent to an activating group) is 1. The molecule has 2 rings (SSSR count). The standard InChI is InChI=1S/C22H31N5O/c1-5-23-22(25-15-19-10-9-17(2)14-18(19)3)26-16-21(28)27(4)13-11-20-8-6-7-12-24-20/h6-10,12,14H,5,11,13,15-16H2,1-4H3,(H2,23,25,26). The molecule has 0 radical (unpaired) electrons. The first-order valence-electron chi connectivity index (χ1n) is 9.71. The molecule has 2 N–H and O–H groups in total. The number of guanidine groups is 1. The van der Waals surface area contributed by atoms with Crippen molar-refractivity contribution in [3.63, 3.8) is 0 Å². The number of carbonyl (C=O) groups is 1. The molecule has 28 heavy (non-hydrogen) atoms. The van der Waals surface area contributed by atoms with Crippen molar-refractivity contribution in [3.05, 3.63) is 65.0 Å². The van der Waals surface area contributed by atoms with E-state index in [-0.39, 0.29) is 12.5 Å². The monoisotopic (exact) mass is 381 g/mol. The molecule has 0 bridgehead atoms. The Morgan fingerprint density at radius 1 is 1.18 bits per heavy atom. The van der Waals surface area contributed by atoms with Crippen LogP contribution in [0.1, 0.15) is 29.3 Å². The molecule has 2 aromatic rings. The fourth-order valence-corrected chi connectivity index (χ4v) is 2.78. The number of nitrogens with zero attached hydrogens (tertiary/aromatic N) is 3. The van der Waals surface area contributed by atoms with E-state index in [9.17, 15) is 4.79 Å². The van der Waals surface area contributed by atoms with Gasteiger partial charge in [0.2, 0.25) is 5.91 Å². The van der Waals surface area contributed by atoms with Gasteiger partial charge in [-0.15, -0.1) is 0 Å². The smallest absolute Gasteiger partial charge is 0.241 e. The Balaban J connectivity index is 1.86. The summed E-state index contributed by atoms with van der Waals surface area (Å²) in [5.41, 5.74) is 4.64. The van der Waals surface area contributed by atoms with E-state index in [1.807, 2.05) is 32.2 Å². The van der Waals surface area contributed by atoms with Crippen LogP contribution in [0.15, 0.2) is 47.6 Å². The second kappa shape index (κ2) is 11.1. The van der Waals surface area contributed by atoms with Crippen LogP contribution in [0.5, 0.6) is 0 Å². The Labute approximate surface area is 168 Å². The topological polar surface area (TPSA) is 69.6 Å². The third-order valence-electron chi connectivity index (χ3n) is 4.51. The van der Waals surface area contributed by atoms with Gasteiger partial charge in [0.15, 0.2) is 5.96 Å². The fourth-order valence-electron chi connectivity index (χ4n) is 2.78. The molecule has 1 aromatic heterocycles. The van der Waals surface area contributed by atoms with E-state index in [1.54, 1.807) is 11.1 Å². The zero-order chi connectivity index (χ0) is 20.4. The molecule has 0 aliphatic carbocycles. The maximum atomic E-state index is 12.4. The zero-order valence-electron chi connectivity index (χ0n) is 17.3. The van der Waals surface area contributed by atoms with Crippen LogP contribution in [0.3, 0.4) is 0 Å². The first-order valence-corrected chi connectivity index (χ1v) is 9.71. The molecule has 0 saturated heterocycles. The summed E-state index contributed by atoms with van der Waals surface area (Å²) in [5, 5.41) is 6.33. The lowest BCUT2D eigenvalue weighted by molar-refractivity contribution is -0.128. The highest BCUT2D eigenvalue weighted by atomic mass is 16.2. The number of benzene rings is 1. The highest BCUT2D eigenvalue weighted by Gasteiger charge is 2.10. The quantitative estimate of drug-likeness (QED) is 0.544. The summed E-state index contributed by atoms with van der Waals surface area (Å²) in [7, 11) is 1.81. The second-order valence-electron chi connectivity index (χ2n) is 6.87. The lowest BCUT2D eigenvalue weighted by Gasteiger charge is -2.18. The van der Waals surface area contributed by atoms with E-state index in [0.717, 1.165) is 18.7 Å². The average Bonchev–Trinajstić information content (AvgIpc) is 2.69. The fraction of sp³-hybridized carbons (Fsp3) is 0.409. The van der Waals surface area contributed by atoms with Gasteiger partial charge in [-0.25, -0.2) is 4.99 Å². The van der Waals surface area contributed by atoms with Crippen molar-refractivity contribution < 1.29 is 4.79 Å².